The Morgan fingerprint density at radius 1 is 1.16 bits per heavy atom. The first-order valence-corrected chi connectivity index (χ1v) is 6.58. The summed E-state index contributed by atoms with van der Waals surface area (Å²) in [6.07, 6.45) is 0. The van der Waals surface area contributed by atoms with E-state index in [1.807, 2.05) is 6.07 Å². The van der Waals surface area contributed by atoms with Crippen LogP contribution in [0.5, 0.6) is 5.75 Å². The molecule has 0 saturated carbocycles. The number of fused-ring (bicyclic) bond motifs is 1. The standard InChI is InChI=1S/C13H7ClN2O2S/c14-9-6-7-10-12(15-16-19-10)11(9)13(17)18-8-4-2-1-3-5-8/h1-7H. The van der Waals surface area contributed by atoms with Gasteiger partial charge in [0.2, 0.25) is 0 Å². The lowest BCUT2D eigenvalue weighted by Gasteiger charge is -2.05. The number of benzene rings is 2. The van der Waals surface area contributed by atoms with E-state index in [4.69, 9.17) is 16.3 Å². The van der Waals surface area contributed by atoms with E-state index in [9.17, 15) is 4.79 Å². The summed E-state index contributed by atoms with van der Waals surface area (Å²) in [5, 5.41) is 4.23. The van der Waals surface area contributed by atoms with E-state index in [1.165, 1.54) is 11.5 Å². The maximum Gasteiger partial charge on any atom is 0.347 e. The highest BCUT2D eigenvalue weighted by atomic mass is 35.5. The molecule has 0 aliphatic heterocycles. The maximum absolute atomic E-state index is 12.2. The van der Waals surface area contributed by atoms with Crippen LogP contribution < -0.4 is 4.74 Å². The average Bonchev–Trinajstić information content (AvgIpc) is 2.87. The summed E-state index contributed by atoms with van der Waals surface area (Å²) < 4.78 is 9.89. The minimum Gasteiger partial charge on any atom is -0.423 e. The SMILES string of the molecule is O=C(Oc1ccccc1)c1c(Cl)ccc2snnc12. The fourth-order valence-electron chi connectivity index (χ4n) is 1.67. The van der Waals surface area contributed by atoms with Crippen LogP contribution in [0.25, 0.3) is 10.2 Å². The van der Waals surface area contributed by atoms with Crippen LogP contribution in [0.2, 0.25) is 5.02 Å². The summed E-state index contributed by atoms with van der Waals surface area (Å²) >= 11 is 7.26. The van der Waals surface area contributed by atoms with E-state index in [0.717, 1.165) is 4.70 Å². The molecule has 6 heteroatoms. The number of hydrogen-bond donors (Lipinski definition) is 0. The fraction of sp³-hybridized carbons (Fsp3) is 0. The molecule has 0 bridgehead atoms. The molecule has 0 fully saturated rings. The summed E-state index contributed by atoms with van der Waals surface area (Å²) in [5.41, 5.74) is 0.718. The molecule has 0 aliphatic rings. The highest BCUT2D eigenvalue weighted by molar-refractivity contribution is 7.13. The van der Waals surface area contributed by atoms with Crippen molar-refractivity contribution in [2.45, 2.75) is 0 Å². The molecule has 0 saturated heterocycles. The Hall–Kier alpha value is -1.98. The van der Waals surface area contributed by atoms with Gasteiger partial charge in [-0.15, -0.1) is 5.10 Å². The highest BCUT2D eigenvalue weighted by Crippen LogP contribution is 2.27. The molecule has 0 atom stereocenters. The van der Waals surface area contributed by atoms with Crippen molar-refractivity contribution in [3.05, 3.63) is 53.1 Å². The number of halogens is 1. The zero-order valence-electron chi connectivity index (χ0n) is 9.54. The zero-order valence-corrected chi connectivity index (χ0v) is 11.1. The molecule has 3 aromatic rings. The molecule has 0 spiro atoms. The number of hydrogen-bond acceptors (Lipinski definition) is 5. The van der Waals surface area contributed by atoms with Gasteiger partial charge in [-0.1, -0.05) is 34.3 Å². The first-order chi connectivity index (χ1) is 9.25. The van der Waals surface area contributed by atoms with E-state index in [2.05, 4.69) is 9.59 Å². The summed E-state index contributed by atoms with van der Waals surface area (Å²) in [7, 11) is 0. The van der Waals surface area contributed by atoms with Crippen LogP contribution in [-0.4, -0.2) is 15.6 Å². The second-order valence-electron chi connectivity index (χ2n) is 3.74. The molecule has 1 aromatic heterocycles. The van der Waals surface area contributed by atoms with Gasteiger partial charge >= 0.3 is 5.97 Å². The van der Waals surface area contributed by atoms with Gasteiger partial charge in [0.15, 0.2) is 0 Å². The van der Waals surface area contributed by atoms with Crippen LogP contribution >= 0.6 is 23.1 Å². The lowest BCUT2D eigenvalue weighted by Crippen LogP contribution is -2.10. The van der Waals surface area contributed by atoms with Gasteiger partial charge in [-0.05, 0) is 35.8 Å². The second-order valence-corrected chi connectivity index (χ2v) is 4.94. The van der Waals surface area contributed by atoms with Crippen molar-refractivity contribution in [1.29, 1.82) is 0 Å². The van der Waals surface area contributed by atoms with E-state index >= 15 is 0 Å². The number of rotatable bonds is 2. The molecule has 3 rings (SSSR count). The highest BCUT2D eigenvalue weighted by Gasteiger charge is 2.19. The number of carbonyl (C=O) groups is 1. The first kappa shape index (κ1) is 12.1. The molecule has 0 unspecified atom stereocenters. The molecule has 0 N–H and O–H groups in total. The summed E-state index contributed by atoms with van der Waals surface area (Å²) in [4.78, 5) is 12.2. The van der Waals surface area contributed by atoms with Gasteiger partial charge in [-0.2, -0.15) is 0 Å². The third kappa shape index (κ3) is 2.30. The first-order valence-electron chi connectivity index (χ1n) is 5.43. The third-order valence-corrected chi connectivity index (χ3v) is 3.53. The van der Waals surface area contributed by atoms with Gasteiger partial charge in [0.25, 0.3) is 0 Å². The van der Waals surface area contributed by atoms with Gasteiger partial charge in [0, 0.05) is 0 Å². The van der Waals surface area contributed by atoms with E-state index in [1.54, 1.807) is 36.4 Å². The second kappa shape index (κ2) is 4.95. The number of ether oxygens (including phenoxy) is 1. The quantitative estimate of drug-likeness (QED) is 0.535. The molecule has 4 nitrogen and oxygen atoms in total. The number of aromatic nitrogens is 2. The predicted octanol–water partition coefficient (Wildman–Crippen LogP) is 3.56. The lowest BCUT2D eigenvalue weighted by atomic mass is 10.2. The van der Waals surface area contributed by atoms with Crippen molar-refractivity contribution in [2.24, 2.45) is 0 Å². The van der Waals surface area contributed by atoms with E-state index in [-0.39, 0.29) is 5.56 Å². The van der Waals surface area contributed by atoms with Crippen molar-refractivity contribution in [3.8, 4) is 5.75 Å². The van der Waals surface area contributed by atoms with Gasteiger partial charge in [0.05, 0.1) is 9.72 Å². The zero-order chi connectivity index (χ0) is 13.2. The van der Waals surface area contributed by atoms with Crippen LogP contribution in [0.1, 0.15) is 10.4 Å². The molecule has 0 aliphatic carbocycles. The summed E-state index contributed by atoms with van der Waals surface area (Å²) in [6.45, 7) is 0. The average molecular weight is 291 g/mol. The third-order valence-electron chi connectivity index (χ3n) is 2.53. The Balaban J connectivity index is 2.02. The summed E-state index contributed by atoms with van der Waals surface area (Å²) in [6, 6.07) is 12.2. The van der Waals surface area contributed by atoms with Crippen LogP contribution in [0.3, 0.4) is 0 Å². The molecule has 1 heterocycles. The molecule has 0 amide bonds. The molecular formula is C13H7ClN2O2S. The normalized spacial score (nSPS) is 10.6. The van der Waals surface area contributed by atoms with Crippen LogP contribution in [0, 0.1) is 0 Å². The molecule has 2 aromatic carbocycles. The largest absolute Gasteiger partial charge is 0.423 e. The Morgan fingerprint density at radius 2 is 1.95 bits per heavy atom. The maximum atomic E-state index is 12.2. The van der Waals surface area contributed by atoms with Crippen LogP contribution in [-0.2, 0) is 0 Å². The molecule has 0 radical (unpaired) electrons. The van der Waals surface area contributed by atoms with E-state index in [0.29, 0.717) is 16.3 Å². The minimum atomic E-state index is -0.533. The Morgan fingerprint density at radius 3 is 2.74 bits per heavy atom. The summed E-state index contributed by atoms with van der Waals surface area (Å²) in [5.74, 6) is -0.0711. The number of esters is 1. The Kier molecular flexibility index (Phi) is 3.15. The van der Waals surface area contributed by atoms with Gasteiger partial charge in [-0.3, -0.25) is 0 Å². The Bertz CT molecular complexity index is 743. The van der Waals surface area contributed by atoms with Crippen molar-refractivity contribution in [3.63, 3.8) is 0 Å². The number of para-hydroxylation sites is 1. The van der Waals surface area contributed by atoms with Crippen molar-refractivity contribution >= 4 is 39.3 Å². The molecular weight excluding hydrogens is 284 g/mol. The van der Waals surface area contributed by atoms with Gasteiger partial charge in [0.1, 0.15) is 16.8 Å². The molecule has 19 heavy (non-hydrogen) atoms. The van der Waals surface area contributed by atoms with Gasteiger partial charge < -0.3 is 4.74 Å². The predicted molar refractivity (Wildman–Crippen MR) is 73.8 cm³/mol. The lowest BCUT2D eigenvalue weighted by molar-refractivity contribution is 0.0737. The van der Waals surface area contributed by atoms with Crippen molar-refractivity contribution < 1.29 is 9.53 Å². The minimum absolute atomic E-state index is 0.247. The topological polar surface area (TPSA) is 52.1 Å². The molecule has 94 valence electrons. The van der Waals surface area contributed by atoms with Gasteiger partial charge in [-0.25, -0.2) is 4.79 Å². The van der Waals surface area contributed by atoms with Crippen LogP contribution in [0.4, 0.5) is 0 Å². The van der Waals surface area contributed by atoms with Crippen LogP contribution in [0.15, 0.2) is 42.5 Å². The monoisotopic (exact) mass is 290 g/mol. The fourth-order valence-corrected chi connectivity index (χ4v) is 2.46. The number of carbonyl (C=O) groups excluding carboxylic acids is 1. The van der Waals surface area contributed by atoms with E-state index < -0.39 is 5.97 Å². The Labute approximate surface area is 117 Å². The van der Waals surface area contributed by atoms with Crippen molar-refractivity contribution in [1.82, 2.24) is 9.59 Å². The van der Waals surface area contributed by atoms with Crippen molar-refractivity contribution in [2.75, 3.05) is 0 Å². The number of nitrogens with zero attached hydrogens (tertiary/aromatic N) is 2. The smallest absolute Gasteiger partial charge is 0.347 e.